The molecule has 2 fully saturated rings. The Kier molecular flexibility index (Phi) is 7.54. The average Bonchev–Trinajstić information content (AvgIpc) is 3.29. The van der Waals surface area contributed by atoms with E-state index >= 15 is 0 Å². The minimum absolute atomic E-state index is 0. The molecule has 1 aromatic carbocycles. The number of hydrogen-bond acceptors (Lipinski definition) is 5. The van der Waals surface area contributed by atoms with Crippen molar-refractivity contribution < 1.29 is 10.0 Å². The summed E-state index contributed by atoms with van der Waals surface area (Å²) < 4.78 is 0. The topological polar surface area (TPSA) is 78.6 Å². The van der Waals surface area contributed by atoms with Crippen LogP contribution in [0.5, 0.6) is 5.75 Å². The number of nitrogens with one attached hydrogen (secondary N) is 1. The number of phenolic OH excluding ortho intramolecular Hbond substituents is 1. The lowest BCUT2D eigenvalue weighted by Gasteiger charge is -2.35. The van der Waals surface area contributed by atoms with Crippen molar-refractivity contribution in [1.29, 1.82) is 0 Å². The third-order valence-electron chi connectivity index (χ3n) is 4.41. The number of aromatic hydroxyl groups is 1. The first kappa shape index (κ1) is 20.0. The summed E-state index contributed by atoms with van der Waals surface area (Å²) in [5.41, 5.74) is 0.783. The Labute approximate surface area is 148 Å². The molecule has 0 aromatic heterocycles. The van der Waals surface area contributed by atoms with Gasteiger partial charge in [0.25, 0.3) is 5.69 Å². The Morgan fingerprint density at radius 3 is 2.52 bits per heavy atom. The molecule has 0 unspecified atom stereocenters. The van der Waals surface area contributed by atoms with Crippen LogP contribution in [0.15, 0.2) is 18.2 Å². The molecule has 0 amide bonds. The van der Waals surface area contributed by atoms with Gasteiger partial charge in [-0.3, -0.25) is 15.0 Å². The molecular formula is C15H23Cl2N3O3. The molecule has 2 N–H and O–H groups in total. The Morgan fingerprint density at radius 1 is 1.30 bits per heavy atom. The molecule has 0 bridgehead atoms. The van der Waals surface area contributed by atoms with Crippen LogP contribution >= 0.6 is 24.8 Å². The molecule has 2 aliphatic rings. The Bertz CT molecular complexity index is 535. The summed E-state index contributed by atoms with van der Waals surface area (Å²) in [6.45, 7) is 3.61. The third-order valence-corrected chi connectivity index (χ3v) is 4.41. The maximum Gasteiger partial charge on any atom is 0.274 e. The van der Waals surface area contributed by atoms with Crippen LogP contribution in [0.25, 0.3) is 0 Å². The fourth-order valence-corrected chi connectivity index (χ4v) is 3.11. The monoisotopic (exact) mass is 363 g/mol. The number of halogens is 2. The second-order valence-electron chi connectivity index (χ2n) is 5.98. The van der Waals surface area contributed by atoms with Gasteiger partial charge in [-0.1, -0.05) is 12.8 Å². The summed E-state index contributed by atoms with van der Waals surface area (Å²) in [4.78, 5) is 13.3. The summed E-state index contributed by atoms with van der Waals surface area (Å²) in [7, 11) is 0. The van der Waals surface area contributed by atoms with E-state index in [1.54, 1.807) is 6.07 Å². The zero-order valence-electron chi connectivity index (χ0n) is 12.8. The van der Waals surface area contributed by atoms with Crippen LogP contribution in [0.1, 0.15) is 30.9 Å². The highest BCUT2D eigenvalue weighted by atomic mass is 35.5. The van der Waals surface area contributed by atoms with Gasteiger partial charge in [-0.15, -0.1) is 24.8 Å². The molecule has 0 spiro atoms. The first-order chi connectivity index (χ1) is 10.1. The molecule has 3 rings (SSSR count). The van der Waals surface area contributed by atoms with Gasteiger partial charge < -0.3 is 10.4 Å². The highest BCUT2D eigenvalue weighted by Crippen LogP contribution is 2.43. The number of hydrogen-bond donors (Lipinski definition) is 2. The van der Waals surface area contributed by atoms with Gasteiger partial charge in [0, 0.05) is 38.3 Å². The van der Waals surface area contributed by atoms with Crippen molar-refractivity contribution in [2.24, 2.45) is 5.92 Å². The van der Waals surface area contributed by atoms with Gasteiger partial charge in [-0.2, -0.15) is 0 Å². The highest BCUT2D eigenvalue weighted by molar-refractivity contribution is 5.85. The van der Waals surface area contributed by atoms with Crippen LogP contribution in [-0.4, -0.2) is 41.1 Å². The lowest BCUT2D eigenvalue weighted by atomic mass is 9.96. The van der Waals surface area contributed by atoms with Crippen LogP contribution in [0.4, 0.5) is 5.69 Å². The fourth-order valence-electron chi connectivity index (χ4n) is 3.11. The fraction of sp³-hybridized carbons (Fsp3) is 0.600. The summed E-state index contributed by atoms with van der Waals surface area (Å²) in [5, 5.41) is 24.4. The second-order valence-corrected chi connectivity index (χ2v) is 5.98. The first-order valence-corrected chi connectivity index (χ1v) is 7.57. The van der Waals surface area contributed by atoms with E-state index in [4.69, 9.17) is 0 Å². The van der Waals surface area contributed by atoms with E-state index in [0.717, 1.165) is 32.6 Å². The van der Waals surface area contributed by atoms with Gasteiger partial charge in [-0.25, -0.2) is 0 Å². The second kappa shape index (κ2) is 8.68. The van der Waals surface area contributed by atoms with Crippen LogP contribution in [0, 0.1) is 16.0 Å². The molecule has 0 radical (unpaired) electrons. The molecule has 6 nitrogen and oxygen atoms in total. The van der Waals surface area contributed by atoms with Crippen LogP contribution in [-0.2, 0) is 0 Å². The van der Waals surface area contributed by atoms with E-state index in [1.807, 2.05) is 0 Å². The van der Waals surface area contributed by atoms with Gasteiger partial charge in [-0.05, 0) is 24.5 Å². The molecule has 1 atom stereocenters. The van der Waals surface area contributed by atoms with E-state index in [-0.39, 0.29) is 47.2 Å². The lowest BCUT2D eigenvalue weighted by Crippen LogP contribution is -2.45. The number of nitrogens with zero attached hydrogens (tertiary/aromatic N) is 2. The molecule has 1 saturated carbocycles. The van der Waals surface area contributed by atoms with Crippen molar-refractivity contribution in [3.63, 3.8) is 0 Å². The number of piperazine rings is 1. The smallest absolute Gasteiger partial charge is 0.274 e. The van der Waals surface area contributed by atoms with E-state index in [1.165, 1.54) is 25.0 Å². The largest absolute Gasteiger partial charge is 0.508 e. The van der Waals surface area contributed by atoms with Crippen molar-refractivity contribution in [2.75, 3.05) is 26.2 Å². The first-order valence-electron chi connectivity index (χ1n) is 7.57. The molecule has 1 saturated heterocycles. The molecule has 23 heavy (non-hydrogen) atoms. The van der Waals surface area contributed by atoms with Gasteiger partial charge >= 0.3 is 0 Å². The normalized spacial score (nSPS) is 19.3. The molecule has 1 aliphatic heterocycles. The number of phenols is 1. The minimum atomic E-state index is -0.336. The SMILES string of the molecule is Cl.Cl.O=[N+]([O-])c1ccc(O)cc1[C@H](CC1CC1)N1CCNCC1. The van der Waals surface area contributed by atoms with Crippen molar-refractivity contribution >= 4 is 30.5 Å². The molecular weight excluding hydrogens is 341 g/mol. The van der Waals surface area contributed by atoms with Crippen molar-refractivity contribution in [3.8, 4) is 5.75 Å². The number of rotatable bonds is 5. The van der Waals surface area contributed by atoms with E-state index in [9.17, 15) is 15.2 Å². The maximum atomic E-state index is 11.3. The number of nitro benzene ring substituents is 1. The summed E-state index contributed by atoms with van der Waals surface area (Å²) in [6, 6.07) is 4.43. The molecule has 130 valence electrons. The summed E-state index contributed by atoms with van der Waals surface area (Å²) in [5.74, 6) is 0.776. The van der Waals surface area contributed by atoms with Gasteiger partial charge in [0.15, 0.2) is 0 Å². The quantitative estimate of drug-likeness (QED) is 0.621. The highest BCUT2D eigenvalue weighted by Gasteiger charge is 2.34. The molecule has 1 aliphatic carbocycles. The number of nitro groups is 1. The number of benzene rings is 1. The van der Waals surface area contributed by atoms with Gasteiger partial charge in [0.1, 0.15) is 5.75 Å². The van der Waals surface area contributed by atoms with Gasteiger partial charge in [0.05, 0.1) is 10.5 Å². The zero-order chi connectivity index (χ0) is 14.8. The van der Waals surface area contributed by atoms with E-state index in [2.05, 4.69) is 10.2 Å². The predicted octanol–water partition coefficient (Wildman–Crippen LogP) is 2.89. The predicted molar refractivity (Wildman–Crippen MR) is 93.8 cm³/mol. The Morgan fingerprint density at radius 2 is 1.96 bits per heavy atom. The standard InChI is InChI=1S/C15H21N3O3.2ClH/c19-12-3-4-14(18(20)21)13(10-12)15(9-11-1-2-11)17-7-5-16-6-8-17;;/h3-4,10-11,15-16,19H,1-2,5-9H2;2*1H/t15-;;/m0../s1. The van der Waals surface area contributed by atoms with Crippen LogP contribution in [0.3, 0.4) is 0 Å². The summed E-state index contributed by atoms with van der Waals surface area (Å²) in [6.07, 6.45) is 3.38. The molecule has 1 aromatic rings. The molecule has 8 heteroatoms. The van der Waals surface area contributed by atoms with Crippen LogP contribution in [0.2, 0.25) is 0 Å². The minimum Gasteiger partial charge on any atom is -0.508 e. The third kappa shape index (κ3) is 4.94. The van der Waals surface area contributed by atoms with Crippen LogP contribution < -0.4 is 5.32 Å². The molecule has 1 heterocycles. The zero-order valence-corrected chi connectivity index (χ0v) is 14.4. The van der Waals surface area contributed by atoms with E-state index < -0.39 is 0 Å². The Hall–Kier alpha value is -1.08. The van der Waals surface area contributed by atoms with Crippen molar-refractivity contribution in [1.82, 2.24) is 10.2 Å². The Balaban J connectivity index is 0.00000132. The van der Waals surface area contributed by atoms with Crippen molar-refractivity contribution in [2.45, 2.75) is 25.3 Å². The lowest BCUT2D eigenvalue weighted by molar-refractivity contribution is -0.386. The van der Waals surface area contributed by atoms with Crippen molar-refractivity contribution in [3.05, 3.63) is 33.9 Å². The summed E-state index contributed by atoms with van der Waals surface area (Å²) >= 11 is 0. The van der Waals surface area contributed by atoms with Gasteiger partial charge in [0.2, 0.25) is 0 Å². The average molecular weight is 364 g/mol. The van der Waals surface area contributed by atoms with E-state index in [0.29, 0.717) is 11.5 Å². The maximum absolute atomic E-state index is 11.3.